The lowest BCUT2D eigenvalue weighted by atomic mass is 10.1. The molecule has 2 rings (SSSR count). The van der Waals surface area contributed by atoms with Gasteiger partial charge < -0.3 is 5.32 Å². The molecule has 0 aliphatic rings. The number of hydrogen-bond acceptors (Lipinski definition) is 4. The first-order valence-electron chi connectivity index (χ1n) is 7.41. The van der Waals surface area contributed by atoms with Crippen LogP contribution in [0.15, 0.2) is 29.4 Å². The predicted octanol–water partition coefficient (Wildman–Crippen LogP) is 3.51. The molecule has 1 aromatic carbocycles. The maximum absolute atomic E-state index is 11.9. The van der Waals surface area contributed by atoms with Gasteiger partial charge in [-0.3, -0.25) is 4.79 Å². The normalized spacial score (nSPS) is 10.6. The molecule has 1 N–H and O–H groups in total. The second-order valence-corrected chi connectivity index (χ2v) is 6.70. The molecule has 6 heteroatoms. The summed E-state index contributed by atoms with van der Waals surface area (Å²) in [6.45, 7) is 6.51. The van der Waals surface area contributed by atoms with Crippen molar-refractivity contribution in [2.75, 3.05) is 12.3 Å². The Balaban J connectivity index is 1.77. The molecule has 0 bridgehead atoms. The van der Waals surface area contributed by atoms with Crippen molar-refractivity contribution in [2.45, 2.75) is 32.3 Å². The minimum atomic E-state index is -0.0171. The van der Waals surface area contributed by atoms with Gasteiger partial charge in [0, 0.05) is 23.0 Å². The maximum atomic E-state index is 11.9. The minimum Gasteiger partial charge on any atom is -0.355 e. The van der Waals surface area contributed by atoms with Gasteiger partial charge >= 0.3 is 0 Å². The SMILES string of the molecule is Cc1nc(SCC(=O)NCCc2cccc(Cl)c2)nc(C)c1C. The van der Waals surface area contributed by atoms with Crippen LogP contribution in [-0.4, -0.2) is 28.2 Å². The molecule has 1 aromatic heterocycles. The van der Waals surface area contributed by atoms with Gasteiger partial charge in [-0.05, 0) is 50.5 Å². The highest BCUT2D eigenvalue weighted by molar-refractivity contribution is 7.99. The summed E-state index contributed by atoms with van der Waals surface area (Å²) in [4.78, 5) is 20.7. The number of amides is 1. The summed E-state index contributed by atoms with van der Waals surface area (Å²) in [6, 6.07) is 7.66. The molecule has 2 aromatic rings. The van der Waals surface area contributed by atoms with Crippen LogP contribution >= 0.6 is 23.4 Å². The van der Waals surface area contributed by atoms with Gasteiger partial charge in [0.05, 0.1) is 5.75 Å². The number of aromatic nitrogens is 2. The number of carbonyl (C=O) groups excluding carboxylic acids is 1. The van der Waals surface area contributed by atoms with E-state index in [0.717, 1.165) is 28.9 Å². The number of benzene rings is 1. The van der Waals surface area contributed by atoms with E-state index in [2.05, 4.69) is 15.3 Å². The van der Waals surface area contributed by atoms with Crippen molar-refractivity contribution in [3.05, 3.63) is 51.8 Å². The highest BCUT2D eigenvalue weighted by Gasteiger charge is 2.08. The van der Waals surface area contributed by atoms with E-state index in [1.165, 1.54) is 11.8 Å². The first-order chi connectivity index (χ1) is 11.0. The predicted molar refractivity (Wildman–Crippen MR) is 95.1 cm³/mol. The number of carbonyl (C=O) groups is 1. The molecule has 0 saturated carbocycles. The topological polar surface area (TPSA) is 54.9 Å². The maximum Gasteiger partial charge on any atom is 0.230 e. The lowest BCUT2D eigenvalue weighted by Crippen LogP contribution is -2.27. The first-order valence-corrected chi connectivity index (χ1v) is 8.78. The molecule has 0 aliphatic heterocycles. The van der Waals surface area contributed by atoms with Crippen LogP contribution in [0.2, 0.25) is 5.02 Å². The van der Waals surface area contributed by atoms with Crippen LogP contribution in [0, 0.1) is 20.8 Å². The smallest absolute Gasteiger partial charge is 0.230 e. The van der Waals surface area contributed by atoms with E-state index in [1.54, 1.807) is 0 Å². The van der Waals surface area contributed by atoms with Crippen molar-refractivity contribution in [1.29, 1.82) is 0 Å². The lowest BCUT2D eigenvalue weighted by molar-refractivity contribution is -0.118. The third-order valence-corrected chi connectivity index (χ3v) is 4.65. The molecular weight excluding hydrogens is 330 g/mol. The Kier molecular flexibility index (Phi) is 6.42. The number of thioether (sulfide) groups is 1. The van der Waals surface area contributed by atoms with E-state index in [1.807, 2.05) is 45.0 Å². The molecule has 23 heavy (non-hydrogen) atoms. The standard InChI is InChI=1S/C17H20ClN3OS/c1-11-12(2)20-17(21-13(11)3)23-10-16(22)19-8-7-14-5-4-6-15(18)9-14/h4-6,9H,7-8,10H2,1-3H3,(H,19,22). The van der Waals surface area contributed by atoms with Gasteiger partial charge in [-0.25, -0.2) is 9.97 Å². The Bertz CT molecular complexity index is 683. The highest BCUT2D eigenvalue weighted by atomic mass is 35.5. The van der Waals surface area contributed by atoms with Gasteiger partial charge in [-0.1, -0.05) is 35.5 Å². The Morgan fingerprint density at radius 3 is 2.57 bits per heavy atom. The van der Waals surface area contributed by atoms with Crippen molar-refractivity contribution in [3.63, 3.8) is 0 Å². The Morgan fingerprint density at radius 1 is 1.22 bits per heavy atom. The van der Waals surface area contributed by atoms with E-state index in [9.17, 15) is 4.79 Å². The third kappa shape index (κ3) is 5.52. The molecule has 4 nitrogen and oxygen atoms in total. The van der Waals surface area contributed by atoms with E-state index < -0.39 is 0 Å². The molecule has 0 spiro atoms. The number of hydrogen-bond donors (Lipinski definition) is 1. The summed E-state index contributed by atoms with van der Waals surface area (Å²) in [5.41, 5.74) is 4.13. The average Bonchev–Trinajstić information content (AvgIpc) is 2.50. The van der Waals surface area contributed by atoms with E-state index >= 15 is 0 Å². The summed E-state index contributed by atoms with van der Waals surface area (Å²) in [7, 11) is 0. The molecule has 0 saturated heterocycles. The van der Waals surface area contributed by atoms with E-state index in [4.69, 9.17) is 11.6 Å². The third-order valence-electron chi connectivity index (χ3n) is 3.57. The zero-order chi connectivity index (χ0) is 16.8. The molecule has 0 atom stereocenters. The summed E-state index contributed by atoms with van der Waals surface area (Å²) in [6.07, 6.45) is 0.760. The molecule has 0 aliphatic carbocycles. The summed E-state index contributed by atoms with van der Waals surface area (Å²) in [5.74, 6) is 0.300. The number of aryl methyl sites for hydroxylation is 2. The van der Waals surface area contributed by atoms with Crippen LogP contribution < -0.4 is 5.32 Å². The number of halogens is 1. The fourth-order valence-electron chi connectivity index (χ4n) is 2.03. The Hall–Kier alpha value is -1.59. The van der Waals surface area contributed by atoms with Crippen LogP contribution in [-0.2, 0) is 11.2 Å². The Labute approximate surface area is 146 Å². The van der Waals surface area contributed by atoms with Gasteiger partial charge in [0.15, 0.2) is 5.16 Å². The molecule has 1 heterocycles. The second-order valence-electron chi connectivity index (χ2n) is 5.32. The average molecular weight is 350 g/mol. The van der Waals surface area contributed by atoms with Crippen LogP contribution in [0.25, 0.3) is 0 Å². The highest BCUT2D eigenvalue weighted by Crippen LogP contribution is 2.16. The van der Waals surface area contributed by atoms with Crippen molar-refractivity contribution in [1.82, 2.24) is 15.3 Å². The summed E-state index contributed by atoms with van der Waals surface area (Å²) < 4.78 is 0. The van der Waals surface area contributed by atoms with Crippen LogP contribution in [0.5, 0.6) is 0 Å². The van der Waals surface area contributed by atoms with Crippen LogP contribution in [0.3, 0.4) is 0 Å². The fraction of sp³-hybridized carbons (Fsp3) is 0.353. The van der Waals surface area contributed by atoms with Crippen molar-refractivity contribution >= 4 is 29.3 Å². The number of rotatable bonds is 6. The van der Waals surface area contributed by atoms with Gasteiger partial charge in [0.2, 0.25) is 5.91 Å². The summed E-state index contributed by atoms with van der Waals surface area (Å²) in [5, 5.41) is 4.27. The molecular formula is C17H20ClN3OS. The molecule has 0 radical (unpaired) electrons. The van der Waals surface area contributed by atoms with Crippen molar-refractivity contribution in [2.24, 2.45) is 0 Å². The fourth-order valence-corrected chi connectivity index (χ4v) is 3.00. The van der Waals surface area contributed by atoms with Gasteiger partial charge in [-0.15, -0.1) is 0 Å². The summed E-state index contributed by atoms with van der Waals surface area (Å²) >= 11 is 7.29. The van der Waals surface area contributed by atoms with Crippen LogP contribution in [0.1, 0.15) is 22.5 Å². The molecule has 1 amide bonds. The van der Waals surface area contributed by atoms with Gasteiger partial charge in [0.1, 0.15) is 0 Å². The lowest BCUT2D eigenvalue weighted by Gasteiger charge is -2.07. The van der Waals surface area contributed by atoms with Gasteiger partial charge in [-0.2, -0.15) is 0 Å². The number of nitrogens with one attached hydrogen (secondary N) is 1. The second kappa shape index (κ2) is 8.31. The zero-order valence-corrected chi connectivity index (χ0v) is 15.1. The molecule has 0 fully saturated rings. The van der Waals surface area contributed by atoms with Crippen LogP contribution in [0.4, 0.5) is 0 Å². The quantitative estimate of drug-likeness (QED) is 0.640. The molecule has 0 unspecified atom stereocenters. The monoisotopic (exact) mass is 349 g/mol. The Morgan fingerprint density at radius 2 is 1.91 bits per heavy atom. The van der Waals surface area contributed by atoms with Crippen molar-refractivity contribution in [3.8, 4) is 0 Å². The number of nitrogens with zero attached hydrogens (tertiary/aromatic N) is 2. The van der Waals surface area contributed by atoms with E-state index in [-0.39, 0.29) is 5.91 Å². The largest absolute Gasteiger partial charge is 0.355 e. The van der Waals surface area contributed by atoms with Crippen molar-refractivity contribution < 1.29 is 4.79 Å². The van der Waals surface area contributed by atoms with Gasteiger partial charge in [0.25, 0.3) is 0 Å². The van der Waals surface area contributed by atoms with E-state index in [0.29, 0.717) is 22.5 Å². The molecule has 122 valence electrons. The zero-order valence-electron chi connectivity index (χ0n) is 13.5. The minimum absolute atomic E-state index is 0.0171. The first kappa shape index (κ1) is 17.8.